The van der Waals surface area contributed by atoms with Crippen LogP contribution in [-0.4, -0.2) is 10.0 Å². The maximum atomic E-state index is 13.0. The highest BCUT2D eigenvalue weighted by molar-refractivity contribution is 5.49. The van der Waals surface area contributed by atoms with E-state index in [0.29, 0.717) is 11.3 Å². The molecule has 0 aliphatic heterocycles. The quantitative estimate of drug-likeness (QED) is 0.679. The summed E-state index contributed by atoms with van der Waals surface area (Å²) in [6.07, 6.45) is 0. The number of nitro benzene ring substituents is 1. The lowest BCUT2D eigenvalue weighted by atomic mass is 10.2. The molecule has 2 aromatic carbocycles. The Labute approximate surface area is 108 Å². The molecule has 0 heterocycles. The molecule has 0 unspecified atom stereocenters. The molecule has 0 radical (unpaired) electrons. The summed E-state index contributed by atoms with van der Waals surface area (Å²) >= 11 is 0. The van der Waals surface area contributed by atoms with Crippen LogP contribution in [0.3, 0.4) is 0 Å². The van der Waals surface area contributed by atoms with E-state index in [4.69, 9.17) is 9.84 Å². The summed E-state index contributed by atoms with van der Waals surface area (Å²) in [4.78, 5) is 10.1. The molecule has 0 fully saturated rings. The topological polar surface area (TPSA) is 72.6 Å². The number of ether oxygens (including phenoxy) is 1. The third kappa shape index (κ3) is 2.86. The number of nitro groups is 1. The van der Waals surface area contributed by atoms with Gasteiger partial charge >= 0.3 is 5.69 Å². The van der Waals surface area contributed by atoms with Crippen molar-refractivity contribution >= 4 is 5.69 Å². The first-order valence-electron chi connectivity index (χ1n) is 5.42. The zero-order valence-electron chi connectivity index (χ0n) is 9.75. The van der Waals surface area contributed by atoms with Gasteiger partial charge in [-0.3, -0.25) is 10.1 Å². The fraction of sp³-hybridized carbons (Fsp3) is 0.0769. The van der Waals surface area contributed by atoms with E-state index in [1.54, 1.807) is 24.3 Å². The van der Waals surface area contributed by atoms with Crippen LogP contribution >= 0.6 is 0 Å². The van der Waals surface area contributed by atoms with E-state index in [1.165, 1.54) is 6.07 Å². The van der Waals surface area contributed by atoms with Gasteiger partial charge in [-0.2, -0.15) is 0 Å². The minimum Gasteiger partial charge on any atom is -0.450 e. The lowest BCUT2D eigenvalue weighted by Gasteiger charge is -2.09. The van der Waals surface area contributed by atoms with Crippen molar-refractivity contribution in [1.29, 1.82) is 0 Å². The first-order chi connectivity index (χ1) is 9.11. The molecule has 0 bridgehead atoms. The number of rotatable bonds is 4. The van der Waals surface area contributed by atoms with E-state index in [1.807, 2.05) is 0 Å². The average molecular weight is 263 g/mol. The number of para-hydroxylation sites is 1. The van der Waals surface area contributed by atoms with Crippen LogP contribution in [0.1, 0.15) is 5.56 Å². The Kier molecular flexibility index (Phi) is 3.72. The van der Waals surface area contributed by atoms with Crippen LogP contribution in [-0.2, 0) is 6.61 Å². The molecule has 5 nitrogen and oxygen atoms in total. The molecule has 0 saturated heterocycles. The van der Waals surface area contributed by atoms with Crippen LogP contribution in [0.15, 0.2) is 42.5 Å². The van der Waals surface area contributed by atoms with Gasteiger partial charge in [-0.1, -0.05) is 18.2 Å². The molecule has 0 amide bonds. The highest BCUT2D eigenvalue weighted by Crippen LogP contribution is 2.33. The molecular formula is C13H10FNO4. The number of halogens is 1. The Bertz CT molecular complexity index is 615. The summed E-state index contributed by atoms with van der Waals surface area (Å²) in [5.74, 6) is -0.499. The Morgan fingerprint density at radius 1 is 1.21 bits per heavy atom. The second kappa shape index (κ2) is 5.45. The van der Waals surface area contributed by atoms with Crippen LogP contribution in [0.2, 0.25) is 0 Å². The van der Waals surface area contributed by atoms with Gasteiger partial charge in [0.2, 0.25) is 5.75 Å². The number of hydrogen-bond acceptors (Lipinski definition) is 4. The number of nitrogens with zero attached hydrogens (tertiary/aromatic N) is 1. The standard InChI is InChI=1S/C13H10FNO4/c14-10-5-6-13(11(7-10)15(17)18)19-12-4-2-1-3-9(12)8-16/h1-7,16H,8H2. The SMILES string of the molecule is O=[N+]([O-])c1cc(F)ccc1Oc1ccccc1CO. The van der Waals surface area contributed by atoms with Crippen LogP contribution in [0.25, 0.3) is 0 Å². The second-order valence-electron chi connectivity index (χ2n) is 3.74. The molecule has 0 spiro atoms. The number of hydrogen-bond donors (Lipinski definition) is 1. The predicted molar refractivity (Wildman–Crippen MR) is 65.5 cm³/mol. The zero-order valence-corrected chi connectivity index (χ0v) is 9.75. The number of aliphatic hydroxyl groups excluding tert-OH is 1. The monoisotopic (exact) mass is 263 g/mol. The summed E-state index contributed by atoms with van der Waals surface area (Å²) in [5, 5.41) is 20.0. The van der Waals surface area contributed by atoms with Crippen molar-refractivity contribution in [3.05, 3.63) is 64.0 Å². The fourth-order valence-electron chi connectivity index (χ4n) is 1.57. The van der Waals surface area contributed by atoms with Crippen molar-refractivity contribution in [2.24, 2.45) is 0 Å². The molecule has 1 N–H and O–H groups in total. The summed E-state index contributed by atoms with van der Waals surface area (Å²) in [5.41, 5.74) is 0.0221. The maximum absolute atomic E-state index is 13.0. The zero-order chi connectivity index (χ0) is 13.8. The Hall–Kier alpha value is -2.47. The number of aliphatic hydroxyl groups is 1. The van der Waals surface area contributed by atoms with Crippen molar-refractivity contribution in [2.45, 2.75) is 6.61 Å². The molecule has 0 aliphatic rings. The molecule has 98 valence electrons. The van der Waals surface area contributed by atoms with Crippen LogP contribution in [0.5, 0.6) is 11.5 Å². The van der Waals surface area contributed by atoms with Gasteiger partial charge in [0.25, 0.3) is 0 Å². The van der Waals surface area contributed by atoms with E-state index in [0.717, 1.165) is 12.1 Å². The van der Waals surface area contributed by atoms with Crippen LogP contribution < -0.4 is 4.74 Å². The van der Waals surface area contributed by atoms with E-state index in [-0.39, 0.29) is 12.4 Å². The third-order valence-electron chi connectivity index (χ3n) is 2.48. The molecule has 0 aromatic heterocycles. The molecule has 0 saturated carbocycles. The highest BCUT2D eigenvalue weighted by atomic mass is 19.1. The van der Waals surface area contributed by atoms with E-state index < -0.39 is 16.4 Å². The van der Waals surface area contributed by atoms with Crippen LogP contribution in [0, 0.1) is 15.9 Å². The van der Waals surface area contributed by atoms with Gasteiger partial charge in [-0.05, 0) is 18.2 Å². The molecular weight excluding hydrogens is 253 g/mol. The molecule has 2 rings (SSSR count). The Morgan fingerprint density at radius 2 is 1.95 bits per heavy atom. The first kappa shape index (κ1) is 13.0. The Morgan fingerprint density at radius 3 is 2.63 bits per heavy atom. The number of benzene rings is 2. The van der Waals surface area contributed by atoms with Gasteiger partial charge in [-0.15, -0.1) is 0 Å². The first-order valence-corrected chi connectivity index (χ1v) is 5.42. The van der Waals surface area contributed by atoms with E-state index in [2.05, 4.69) is 0 Å². The van der Waals surface area contributed by atoms with Gasteiger partial charge < -0.3 is 9.84 Å². The van der Waals surface area contributed by atoms with Crippen molar-refractivity contribution < 1.29 is 19.2 Å². The van der Waals surface area contributed by atoms with Crippen molar-refractivity contribution in [2.75, 3.05) is 0 Å². The Balaban J connectivity index is 2.41. The lowest BCUT2D eigenvalue weighted by Crippen LogP contribution is -1.96. The van der Waals surface area contributed by atoms with Crippen molar-refractivity contribution in [1.82, 2.24) is 0 Å². The molecule has 0 aliphatic carbocycles. The minimum absolute atomic E-state index is 0.0766. The third-order valence-corrected chi connectivity index (χ3v) is 2.48. The smallest absolute Gasteiger partial charge is 0.314 e. The largest absolute Gasteiger partial charge is 0.450 e. The van der Waals surface area contributed by atoms with Crippen molar-refractivity contribution in [3.8, 4) is 11.5 Å². The van der Waals surface area contributed by atoms with Gasteiger partial charge in [0.1, 0.15) is 11.6 Å². The summed E-state index contributed by atoms with van der Waals surface area (Å²) in [7, 11) is 0. The molecule has 2 aromatic rings. The summed E-state index contributed by atoms with van der Waals surface area (Å²) in [6.45, 7) is -0.259. The van der Waals surface area contributed by atoms with Gasteiger partial charge in [0.15, 0.2) is 0 Å². The van der Waals surface area contributed by atoms with Gasteiger partial charge in [0.05, 0.1) is 17.6 Å². The fourth-order valence-corrected chi connectivity index (χ4v) is 1.57. The molecule has 6 heteroatoms. The van der Waals surface area contributed by atoms with E-state index in [9.17, 15) is 14.5 Å². The predicted octanol–water partition coefficient (Wildman–Crippen LogP) is 3.02. The summed E-state index contributed by atoms with van der Waals surface area (Å²) < 4.78 is 18.4. The van der Waals surface area contributed by atoms with Crippen molar-refractivity contribution in [3.63, 3.8) is 0 Å². The van der Waals surface area contributed by atoms with Crippen LogP contribution in [0.4, 0.5) is 10.1 Å². The average Bonchev–Trinajstić information content (AvgIpc) is 2.41. The molecule has 0 atom stereocenters. The highest BCUT2D eigenvalue weighted by Gasteiger charge is 2.17. The van der Waals surface area contributed by atoms with Gasteiger partial charge in [-0.25, -0.2) is 4.39 Å². The normalized spacial score (nSPS) is 10.2. The molecule has 19 heavy (non-hydrogen) atoms. The second-order valence-corrected chi connectivity index (χ2v) is 3.74. The van der Waals surface area contributed by atoms with E-state index >= 15 is 0 Å². The summed E-state index contributed by atoms with van der Waals surface area (Å²) in [6, 6.07) is 9.62. The lowest BCUT2D eigenvalue weighted by molar-refractivity contribution is -0.385. The minimum atomic E-state index is -0.722. The maximum Gasteiger partial charge on any atom is 0.314 e. The van der Waals surface area contributed by atoms with Gasteiger partial charge in [0, 0.05) is 5.56 Å².